The summed E-state index contributed by atoms with van der Waals surface area (Å²) in [6, 6.07) is 1.19. The van der Waals surface area contributed by atoms with Gasteiger partial charge >= 0.3 is 18.4 Å². The van der Waals surface area contributed by atoms with Crippen LogP contribution in [0.1, 0.15) is 72.8 Å². The molecule has 0 aliphatic heterocycles. The van der Waals surface area contributed by atoms with Crippen LogP contribution in [-0.4, -0.2) is 35.3 Å². The van der Waals surface area contributed by atoms with E-state index in [2.05, 4.69) is 11.4 Å². The summed E-state index contributed by atoms with van der Waals surface area (Å²) in [4.78, 5) is 41.0. The predicted molar refractivity (Wildman–Crippen MR) is 139 cm³/mol. The van der Waals surface area contributed by atoms with Crippen LogP contribution in [0.15, 0.2) is 29.8 Å². The molecule has 0 radical (unpaired) electrons. The van der Waals surface area contributed by atoms with Gasteiger partial charge in [0, 0.05) is 5.92 Å². The number of nitrogens with zero attached hydrogens (tertiary/aromatic N) is 1. The average Bonchev–Trinajstić information content (AvgIpc) is 3.45. The molecule has 3 aliphatic carbocycles. The zero-order valence-corrected chi connectivity index (χ0v) is 23.5. The van der Waals surface area contributed by atoms with E-state index < -0.39 is 64.5 Å². The third-order valence-electron chi connectivity index (χ3n) is 7.23. The number of alkyl halides is 3. The first-order valence-corrected chi connectivity index (χ1v) is 13.5. The first-order valence-electron chi connectivity index (χ1n) is 13.5. The van der Waals surface area contributed by atoms with Crippen molar-refractivity contribution >= 4 is 23.8 Å². The van der Waals surface area contributed by atoms with Gasteiger partial charge in [-0.2, -0.15) is 13.2 Å². The highest BCUT2D eigenvalue weighted by atomic mass is 19.4. The summed E-state index contributed by atoms with van der Waals surface area (Å²) >= 11 is 0. The van der Waals surface area contributed by atoms with E-state index in [1.54, 1.807) is 41.5 Å². The van der Waals surface area contributed by atoms with Crippen LogP contribution < -0.4 is 10.2 Å². The van der Waals surface area contributed by atoms with Crippen LogP contribution in [0.4, 0.5) is 32.8 Å². The zero-order valence-electron chi connectivity index (χ0n) is 23.5. The Kier molecular flexibility index (Phi) is 7.75. The van der Waals surface area contributed by atoms with Crippen LogP contribution in [0, 0.1) is 29.5 Å². The number of alkyl carbamates (subject to hydrolysis) is 1. The second-order valence-electron chi connectivity index (χ2n) is 12.8. The van der Waals surface area contributed by atoms with Gasteiger partial charge in [0.05, 0.1) is 23.2 Å². The smallest absolute Gasteiger partial charge is 0.421 e. The molecule has 3 aliphatic rings. The fraction of sp³-hybridized carbons (Fsp3) is 0.621. The number of hydrogen-bond acceptors (Lipinski definition) is 5. The van der Waals surface area contributed by atoms with Crippen molar-refractivity contribution in [3.05, 3.63) is 41.2 Å². The van der Waals surface area contributed by atoms with Gasteiger partial charge in [0.25, 0.3) is 0 Å². The number of carbonyl (C=O) groups is 3. The van der Waals surface area contributed by atoms with E-state index in [0.717, 1.165) is 24.5 Å². The molecule has 11 heteroatoms. The molecule has 3 saturated carbocycles. The number of carbonyl (C=O) groups excluding carboxylic acids is 3. The standard InChI is InChI=1S/C29H36F4N2O5/c1-27(2,3)39-25(37)34-23-18-11-10-17(19(18)13-15-7-8-15)22(23)24(36)35(26(38)40-28(4,5)6)16-9-12-21(30)20(14-16)29(31,32)33/h9,12-15,17-18,22-23H,7-8,10-11H2,1-6H3,(H,34,37)/b19-13-/t17-,18+,22-,23+/m0/s1. The van der Waals surface area contributed by atoms with Crippen molar-refractivity contribution in [1.29, 1.82) is 0 Å². The SMILES string of the molecule is CC(C)(C)OC(=O)N[C@H]1[C@@H](C(=O)N(C(=O)OC(C)(C)C)c2ccc(F)c(C(F)(F)F)c2)[C@H]2CC[C@@H]1/C2=C\C1CC1. The highest BCUT2D eigenvalue weighted by molar-refractivity contribution is 6.14. The van der Waals surface area contributed by atoms with E-state index in [-0.39, 0.29) is 11.8 Å². The number of anilines is 1. The summed E-state index contributed by atoms with van der Waals surface area (Å²) in [5, 5.41) is 2.82. The van der Waals surface area contributed by atoms with E-state index in [1.165, 1.54) is 0 Å². The molecule has 40 heavy (non-hydrogen) atoms. The van der Waals surface area contributed by atoms with Gasteiger partial charge in [-0.15, -0.1) is 0 Å². The molecular formula is C29H36F4N2O5. The quantitative estimate of drug-likeness (QED) is 0.312. The Morgan fingerprint density at radius 2 is 1.52 bits per heavy atom. The van der Waals surface area contributed by atoms with E-state index >= 15 is 0 Å². The Morgan fingerprint density at radius 3 is 2.08 bits per heavy atom. The molecule has 0 aromatic heterocycles. The normalized spacial score (nSPS) is 25.6. The van der Waals surface area contributed by atoms with E-state index in [0.29, 0.717) is 35.8 Å². The van der Waals surface area contributed by atoms with Crippen molar-refractivity contribution in [1.82, 2.24) is 5.32 Å². The van der Waals surface area contributed by atoms with Crippen molar-refractivity contribution in [2.24, 2.45) is 23.7 Å². The molecule has 1 N–H and O–H groups in total. The van der Waals surface area contributed by atoms with Gasteiger partial charge in [0.15, 0.2) is 0 Å². The van der Waals surface area contributed by atoms with Crippen LogP contribution in [0.25, 0.3) is 0 Å². The molecule has 0 unspecified atom stereocenters. The topological polar surface area (TPSA) is 84.9 Å². The number of fused-ring (bicyclic) bond motifs is 2. The summed E-state index contributed by atoms with van der Waals surface area (Å²) in [6.45, 7) is 9.77. The zero-order chi connectivity index (χ0) is 29.8. The van der Waals surface area contributed by atoms with Crippen molar-refractivity contribution in [3.63, 3.8) is 0 Å². The molecule has 1 aromatic carbocycles. The molecule has 3 fully saturated rings. The third kappa shape index (κ3) is 6.61. The van der Waals surface area contributed by atoms with Gasteiger partial charge in [0.2, 0.25) is 5.91 Å². The lowest BCUT2D eigenvalue weighted by atomic mass is 9.83. The maximum absolute atomic E-state index is 14.3. The largest absolute Gasteiger partial charge is 0.444 e. The minimum atomic E-state index is -5.06. The van der Waals surface area contributed by atoms with Crippen molar-refractivity contribution in [3.8, 4) is 0 Å². The summed E-state index contributed by atoms with van der Waals surface area (Å²) in [5.41, 5.74) is -2.96. The fourth-order valence-corrected chi connectivity index (χ4v) is 5.63. The summed E-state index contributed by atoms with van der Waals surface area (Å²) in [7, 11) is 0. The Labute approximate surface area is 231 Å². The van der Waals surface area contributed by atoms with Crippen molar-refractivity contribution in [2.45, 2.75) is 90.6 Å². The first-order chi connectivity index (χ1) is 18.4. The van der Waals surface area contributed by atoms with Crippen LogP contribution in [0.2, 0.25) is 0 Å². The third-order valence-corrected chi connectivity index (χ3v) is 7.23. The highest BCUT2D eigenvalue weighted by Gasteiger charge is 2.57. The van der Waals surface area contributed by atoms with Crippen molar-refractivity contribution < 1.29 is 41.4 Å². The summed E-state index contributed by atoms with van der Waals surface area (Å²) in [5.74, 6) is -3.47. The lowest BCUT2D eigenvalue weighted by Crippen LogP contribution is -2.53. The Morgan fingerprint density at radius 1 is 0.925 bits per heavy atom. The van der Waals surface area contributed by atoms with Crippen molar-refractivity contribution in [2.75, 3.05) is 4.90 Å². The molecule has 0 heterocycles. The van der Waals surface area contributed by atoms with Gasteiger partial charge in [0.1, 0.15) is 17.0 Å². The van der Waals surface area contributed by atoms with Gasteiger partial charge in [-0.3, -0.25) is 4.79 Å². The monoisotopic (exact) mass is 568 g/mol. The minimum Gasteiger partial charge on any atom is -0.444 e. The molecule has 0 saturated heterocycles. The van der Waals surface area contributed by atoms with Crippen LogP contribution in [0.5, 0.6) is 0 Å². The minimum absolute atomic E-state index is 0.188. The number of rotatable bonds is 4. The summed E-state index contributed by atoms with van der Waals surface area (Å²) in [6.07, 6.45) is -1.49. The number of halogens is 4. The number of nitrogens with one attached hydrogen (secondary N) is 1. The lowest BCUT2D eigenvalue weighted by molar-refractivity contribution is -0.140. The molecule has 2 bridgehead atoms. The average molecular weight is 569 g/mol. The molecule has 1 aromatic rings. The molecule has 3 amide bonds. The fourth-order valence-electron chi connectivity index (χ4n) is 5.63. The predicted octanol–water partition coefficient (Wildman–Crippen LogP) is 7.00. The number of ether oxygens (including phenoxy) is 2. The Hall–Kier alpha value is -3.11. The Balaban J connectivity index is 1.77. The number of amides is 3. The number of hydrogen-bond donors (Lipinski definition) is 1. The van der Waals surface area contributed by atoms with Crippen LogP contribution >= 0.6 is 0 Å². The maximum Gasteiger partial charge on any atom is 0.421 e. The van der Waals surface area contributed by atoms with E-state index in [1.807, 2.05) is 0 Å². The van der Waals surface area contributed by atoms with E-state index in [9.17, 15) is 31.9 Å². The second kappa shape index (κ2) is 10.4. The molecule has 0 spiro atoms. The molecule has 4 atom stereocenters. The number of imide groups is 1. The van der Waals surface area contributed by atoms with Crippen LogP contribution in [0.3, 0.4) is 0 Å². The molecule has 4 rings (SSSR count). The number of allylic oxidation sites excluding steroid dienone is 1. The van der Waals surface area contributed by atoms with Gasteiger partial charge in [-0.05, 0) is 97.3 Å². The second-order valence-corrected chi connectivity index (χ2v) is 12.8. The van der Waals surface area contributed by atoms with Crippen LogP contribution in [-0.2, 0) is 20.4 Å². The summed E-state index contributed by atoms with van der Waals surface area (Å²) < 4.78 is 65.7. The van der Waals surface area contributed by atoms with Gasteiger partial charge in [-0.25, -0.2) is 18.9 Å². The Bertz CT molecular complexity index is 1210. The number of benzene rings is 1. The molecule has 7 nitrogen and oxygen atoms in total. The van der Waals surface area contributed by atoms with Gasteiger partial charge < -0.3 is 14.8 Å². The maximum atomic E-state index is 14.3. The lowest BCUT2D eigenvalue weighted by Gasteiger charge is -2.34. The first kappa shape index (κ1) is 29.9. The molecule has 220 valence electrons. The van der Waals surface area contributed by atoms with E-state index in [4.69, 9.17) is 9.47 Å². The van der Waals surface area contributed by atoms with Gasteiger partial charge in [-0.1, -0.05) is 11.6 Å². The molecular weight excluding hydrogens is 532 g/mol. The highest BCUT2D eigenvalue weighted by Crippen LogP contribution is 2.55.